The van der Waals surface area contributed by atoms with Crippen LogP contribution in [0.5, 0.6) is 0 Å². The predicted octanol–water partition coefficient (Wildman–Crippen LogP) is 2.20. The number of carboxylic acid groups (broad SMARTS) is 1. The Morgan fingerprint density at radius 1 is 1.31 bits per heavy atom. The van der Waals surface area contributed by atoms with Gasteiger partial charge in [0.25, 0.3) is 0 Å². The van der Waals surface area contributed by atoms with Crippen molar-refractivity contribution in [1.29, 1.82) is 0 Å². The van der Waals surface area contributed by atoms with Crippen molar-refractivity contribution < 1.29 is 29.3 Å². The Morgan fingerprint density at radius 3 is 2.56 bits per heavy atom. The van der Waals surface area contributed by atoms with E-state index in [2.05, 4.69) is 13.5 Å². The second kappa shape index (κ2) is 9.51. The lowest BCUT2D eigenvalue weighted by Gasteiger charge is -2.39. The third-order valence-corrected chi connectivity index (χ3v) is 7.89. The lowest BCUT2D eigenvalue weighted by molar-refractivity contribution is -0.160. The fourth-order valence-corrected chi connectivity index (χ4v) is 6.29. The second-order valence-electron chi connectivity index (χ2n) is 9.44. The molecule has 2 unspecified atom stereocenters. The topological polar surface area (TPSA) is 107 Å². The maximum Gasteiger partial charge on any atom is 0.310 e. The molecule has 3 aliphatic rings. The molecule has 3 saturated heterocycles. The maximum atomic E-state index is 14.0. The minimum Gasteiger partial charge on any atom is -0.481 e. The molecule has 2 N–H and O–H groups in total. The van der Waals surface area contributed by atoms with Crippen molar-refractivity contribution >= 4 is 17.8 Å². The molecular formula is C24H38N2O6. The standard InChI is InChI=1S/C24H38N2O6/c1-5-9-10-14-25(13-6-2)21(29)19-24-12-11-23(8-4,32-24)18(22(30)31)17(24)20(28)26(19)16(7-3)15-27/h6,16-19,27H,2,5,7-15H2,1,3-4H3,(H,30,31)/t16-,17-,18+,19?,23-,24?/m0/s1. The highest BCUT2D eigenvalue weighted by Crippen LogP contribution is 2.64. The summed E-state index contributed by atoms with van der Waals surface area (Å²) in [6, 6.07) is -1.50. The number of hydrogen-bond donors (Lipinski definition) is 2. The summed E-state index contributed by atoms with van der Waals surface area (Å²) in [4.78, 5) is 43.2. The van der Waals surface area contributed by atoms with Crippen LogP contribution in [0.25, 0.3) is 0 Å². The number of carbonyl (C=O) groups is 3. The Morgan fingerprint density at radius 2 is 2.03 bits per heavy atom. The van der Waals surface area contributed by atoms with Gasteiger partial charge in [0.05, 0.1) is 24.2 Å². The van der Waals surface area contributed by atoms with Gasteiger partial charge in [-0.1, -0.05) is 39.7 Å². The normalized spacial score (nSPS) is 33.9. The van der Waals surface area contributed by atoms with Crippen LogP contribution in [0.1, 0.15) is 65.7 Å². The Labute approximate surface area is 190 Å². The largest absolute Gasteiger partial charge is 0.481 e. The van der Waals surface area contributed by atoms with Crippen LogP contribution in [0.4, 0.5) is 0 Å². The molecule has 6 atom stereocenters. The summed E-state index contributed by atoms with van der Waals surface area (Å²) in [5, 5.41) is 20.1. The molecule has 3 aliphatic heterocycles. The van der Waals surface area contributed by atoms with E-state index < -0.39 is 41.1 Å². The summed E-state index contributed by atoms with van der Waals surface area (Å²) in [7, 11) is 0. The highest BCUT2D eigenvalue weighted by Gasteiger charge is 2.79. The van der Waals surface area contributed by atoms with Crippen LogP contribution >= 0.6 is 0 Å². The lowest BCUT2D eigenvalue weighted by Crippen LogP contribution is -2.59. The van der Waals surface area contributed by atoms with Crippen LogP contribution in [-0.2, 0) is 19.1 Å². The maximum absolute atomic E-state index is 14.0. The monoisotopic (exact) mass is 450 g/mol. The van der Waals surface area contributed by atoms with Gasteiger partial charge >= 0.3 is 5.97 Å². The Kier molecular flexibility index (Phi) is 7.34. The van der Waals surface area contributed by atoms with Gasteiger partial charge in [-0.05, 0) is 32.1 Å². The van der Waals surface area contributed by atoms with Crippen molar-refractivity contribution in [2.45, 2.75) is 89.0 Å². The third-order valence-electron chi connectivity index (χ3n) is 7.89. The van der Waals surface area contributed by atoms with Crippen LogP contribution < -0.4 is 0 Å². The number of likely N-dealkylation sites (tertiary alicyclic amines) is 1. The van der Waals surface area contributed by atoms with Crippen molar-refractivity contribution in [1.82, 2.24) is 9.80 Å². The summed E-state index contributed by atoms with van der Waals surface area (Å²) in [5.74, 6) is -3.56. The van der Waals surface area contributed by atoms with Gasteiger partial charge in [-0.25, -0.2) is 0 Å². The van der Waals surface area contributed by atoms with E-state index in [1.54, 1.807) is 11.0 Å². The molecule has 3 heterocycles. The van der Waals surface area contributed by atoms with Crippen LogP contribution in [-0.4, -0.2) is 80.8 Å². The first-order valence-corrected chi connectivity index (χ1v) is 12.0. The number of aliphatic hydroxyl groups excluding tert-OH is 1. The van der Waals surface area contributed by atoms with Gasteiger partial charge in [0, 0.05) is 13.1 Å². The highest BCUT2D eigenvalue weighted by molar-refractivity contribution is 5.98. The van der Waals surface area contributed by atoms with E-state index in [0.29, 0.717) is 38.8 Å². The summed E-state index contributed by atoms with van der Waals surface area (Å²) in [5.41, 5.74) is -2.09. The fourth-order valence-electron chi connectivity index (χ4n) is 6.29. The number of amides is 2. The Balaban J connectivity index is 2.08. The van der Waals surface area contributed by atoms with E-state index in [1.807, 2.05) is 13.8 Å². The van der Waals surface area contributed by atoms with Crippen molar-refractivity contribution in [2.75, 3.05) is 19.7 Å². The molecule has 8 nitrogen and oxygen atoms in total. The average Bonchev–Trinajstić information content (AvgIpc) is 3.38. The summed E-state index contributed by atoms with van der Waals surface area (Å²) in [6.45, 7) is 10.2. The molecule has 0 radical (unpaired) electrons. The first-order valence-electron chi connectivity index (χ1n) is 12.0. The Hall–Kier alpha value is -1.93. The lowest BCUT2D eigenvalue weighted by atomic mass is 9.65. The first-order chi connectivity index (χ1) is 15.3. The van der Waals surface area contributed by atoms with Crippen molar-refractivity contribution in [3.8, 4) is 0 Å². The van der Waals surface area contributed by atoms with Crippen LogP contribution in [0.3, 0.4) is 0 Å². The molecule has 32 heavy (non-hydrogen) atoms. The zero-order valence-electron chi connectivity index (χ0n) is 19.6. The zero-order chi connectivity index (χ0) is 23.7. The van der Waals surface area contributed by atoms with Gasteiger partial charge in [0.15, 0.2) is 0 Å². The summed E-state index contributed by atoms with van der Waals surface area (Å²) >= 11 is 0. The smallest absolute Gasteiger partial charge is 0.310 e. The summed E-state index contributed by atoms with van der Waals surface area (Å²) < 4.78 is 6.52. The molecule has 0 saturated carbocycles. The minimum atomic E-state index is -1.17. The number of rotatable bonds is 12. The van der Waals surface area contributed by atoms with Crippen LogP contribution in [0.15, 0.2) is 12.7 Å². The van der Waals surface area contributed by atoms with Crippen molar-refractivity contribution in [3.05, 3.63) is 12.7 Å². The van der Waals surface area contributed by atoms with Gasteiger partial charge in [-0.15, -0.1) is 6.58 Å². The third kappa shape index (κ3) is 3.55. The molecule has 1 spiro atoms. The zero-order valence-corrected chi connectivity index (χ0v) is 19.6. The number of fused-ring (bicyclic) bond motifs is 1. The number of ether oxygens (including phenoxy) is 1. The van der Waals surface area contributed by atoms with Gasteiger partial charge in [0.1, 0.15) is 17.6 Å². The van der Waals surface area contributed by atoms with E-state index >= 15 is 0 Å². The molecule has 0 aromatic rings. The van der Waals surface area contributed by atoms with E-state index in [9.17, 15) is 24.6 Å². The number of carboxylic acids is 1. The quantitative estimate of drug-likeness (QED) is 0.349. The number of aliphatic carboxylic acids is 1. The van der Waals surface area contributed by atoms with E-state index in [1.165, 1.54) is 4.90 Å². The number of unbranched alkanes of at least 4 members (excludes halogenated alkanes) is 2. The predicted molar refractivity (Wildman–Crippen MR) is 119 cm³/mol. The molecule has 0 aromatic carbocycles. The van der Waals surface area contributed by atoms with Gasteiger partial charge in [0.2, 0.25) is 11.8 Å². The number of carbonyl (C=O) groups excluding carboxylic acids is 2. The number of nitrogens with zero attached hydrogens (tertiary/aromatic N) is 2. The highest BCUT2D eigenvalue weighted by atomic mass is 16.5. The molecule has 3 rings (SSSR count). The molecule has 180 valence electrons. The van der Waals surface area contributed by atoms with Crippen molar-refractivity contribution in [3.63, 3.8) is 0 Å². The summed E-state index contributed by atoms with van der Waals surface area (Å²) in [6.07, 6.45) is 6.41. The Bertz CT molecular complexity index is 753. The molecule has 8 heteroatoms. The molecule has 0 aliphatic carbocycles. The van der Waals surface area contributed by atoms with Gasteiger partial charge in [-0.2, -0.15) is 0 Å². The number of hydrogen-bond acceptors (Lipinski definition) is 5. The number of aliphatic hydroxyl groups is 1. The fraction of sp³-hybridized carbons (Fsp3) is 0.792. The minimum absolute atomic E-state index is 0.235. The molecule has 2 bridgehead atoms. The SMILES string of the molecule is C=CCN(CCCCC)C(=O)C1N([C@@H](CC)CO)C(=O)[C@@H]2[C@H](C(=O)O)[C@]3(CC)CCC12O3. The van der Waals surface area contributed by atoms with E-state index in [0.717, 1.165) is 19.3 Å². The van der Waals surface area contributed by atoms with E-state index in [-0.39, 0.29) is 18.4 Å². The van der Waals surface area contributed by atoms with E-state index in [4.69, 9.17) is 4.74 Å². The average molecular weight is 451 g/mol. The van der Waals surface area contributed by atoms with Gasteiger partial charge in [-0.3, -0.25) is 14.4 Å². The van der Waals surface area contributed by atoms with Crippen LogP contribution in [0, 0.1) is 11.8 Å². The van der Waals surface area contributed by atoms with Crippen molar-refractivity contribution in [2.24, 2.45) is 11.8 Å². The molecular weight excluding hydrogens is 412 g/mol. The molecule has 3 fully saturated rings. The van der Waals surface area contributed by atoms with Gasteiger partial charge < -0.3 is 24.7 Å². The second-order valence-corrected chi connectivity index (χ2v) is 9.44. The first kappa shape index (κ1) is 24.7. The molecule has 0 aromatic heterocycles. The van der Waals surface area contributed by atoms with Crippen LogP contribution in [0.2, 0.25) is 0 Å². The molecule has 2 amide bonds.